The van der Waals surface area contributed by atoms with Gasteiger partial charge in [-0.15, -0.1) is 0 Å². The predicted octanol–water partition coefficient (Wildman–Crippen LogP) is 1.75. The highest BCUT2D eigenvalue weighted by atomic mass is 32.2. The van der Waals surface area contributed by atoms with E-state index in [9.17, 15) is 8.42 Å². The fourth-order valence-electron chi connectivity index (χ4n) is 2.34. The zero-order valence-electron chi connectivity index (χ0n) is 11.3. The minimum absolute atomic E-state index is 0.199. The van der Waals surface area contributed by atoms with Crippen LogP contribution in [0.1, 0.15) is 25.3 Å². The van der Waals surface area contributed by atoms with E-state index in [1.54, 1.807) is 0 Å². The Balaban J connectivity index is 1.79. The number of sulfone groups is 1. The summed E-state index contributed by atoms with van der Waals surface area (Å²) in [5, 5.41) is 3.03. The van der Waals surface area contributed by atoms with Crippen LogP contribution in [0.2, 0.25) is 0 Å². The van der Waals surface area contributed by atoms with Crippen LogP contribution in [0.15, 0.2) is 24.3 Å². The molecular weight excluding hydrogens is 262 g/mol. The summed E-state index contributed by atoms with van der Waals surface area (Å²) in [4.78, 5) is 0. The zero-order chi connectivity index (χ0) is 13.7. The standard InChI is InChI=1S/C14H21NO3S/c1-2-18-13-7-5-12(6-8-13)10-15-11-14-4-3-9-19(14,16)17/h5-8,14-15H,2-4,9-11H2,1H3. The Hall–Kier alpha value is -1.07. The summed E-state index contributed by atoms with van der Waals surface area (Å²) in [6.45, 7) is 3.86. The fraction of sp³-hybridized carbons (Fsp3) is 0.571. The lowest BCUT2D eigenvalue weighted by molar-refractivity contribution is 0.340. The third-order valence-electron chi connectivity index (χ3n) is 3.40. The second-order valence-electron chi connectivity index (χ2n) is 4.84. The molecule has 1 aromatic rings. The first-order valence-electron chi connectivity index (χ1n) is 6.76. The molecule has 0 saturated carbocycles. The third-order valence-corrected chi connectivity index (χ3v) is 5.67. The highest BCUT2D eigenvalue weighted by molar-refractivity contribution is 7.92. The summed E-state index contributed by atoms with van der Waals surface area (Å²) in [7, 11) is -2.84. The SMILES string of the molecule is CCOc1ccc(CNCC2CCCS2(=O)=O)cc1. The van der Waals surface area contributed by atoms with Crippen molar-refractivity contribution in [1.29, 1.82) is 0 Å². The first kappa shape index (κ1) is 14.3. The van der Waals surface area contributed by atoms with E-state index < -0.39 is 9.84 Å². The third kappa shape index (κ3) is 3.94. The van der Waals surface area contributed by atoms with Gasteiger partial charge in [0.15, 0.2) is 9.84 Å². The van der Waals surface area contributed by atoms with Gasteiger partial charge in [0.05, 0.1) is 17.6 Å². The molecule has 1 aromatic carbocycles. The lowest BCUT2D eigenvalue weighted by Crippen LogP contribution is -2.30. The molecule has 19 heavy (non-hydrogen) atoms. The van der Waals surface area contributed by atoms with Crippen LogP contribution < -0.4 is 10.1 Å². The highest BCUT2D eigenvalue weighted by Gasteiger charge is 2.30. The lowest BCUT2D eigenvalue weighted by atomic mass is 10.2. The number of rotatable bonds is 6. The molecule has 1 atom stereocenters. The molecule has 4 nitrogen and oxygen atoms in total. The summed E-state index contributed by atoms with van der Waals surface area (Å²) in [6.07, 6.45) is 1.59. The Morgan fingerprint density at radius 2 is 2.05 bits per heavy atom. The maximum atomic E-state index is 11.7. The summed E-state index contributed by atoms with van der Waals surface area (Å²) in [5.41, 5.74) is 1.14. The molecule has 1 unspecified atom stereocenters. The number of benzene rings is 1. The molecule has 1 fully saturated rings. The van der Waals surface area contributed by atoms with E-state index in [1.165, 1.54) is 0 Å². The maximum absolute atomic E-state index is 11.7. The van der Waals surface area contributed by atoms with Crippen molar-refractivity contribution >= 4 is 9.84 Å². The molecule has 1 heterocycles. The molecule has 0 radical (unpaired) electrons. The van der Waals surface area contributed by atoms with E-state index in [1.807, 2.05) is 31.2 Å². The van der Waals surface area contributed by atoms with E-state index in [0.717, 1.165) is 24.2 Å². The smallest absolute Gasteiger partial charge is 0.154 e. The van der Waals surface area contributed by atoms with Crippen LogP contribution in [0.4, 0.5) is 0 Å². The minimum atomic E-state index is -2.84. The summed E-state index contributed by atoms with van der Waals surface area (Å²) < 4.78 is 28.7. The number of hydrogen-bond donors (Lipinski definition) is 1. The van der Waals surface area contributed by atoms with Gasteiger partial charge in [-0.25, -0.2) is 8.42 Å². The zero-order valence-corrected chi connectivity index (χ0v) is 12.1. The Labute approximate surface area is 115 Å². The number of nitrogens with one attached hydrogen (secondary N) is 1. The van der Waals surface area contributed by atoms with Gasteiger partial charge in [0, 0.05) is 13.1 Å². The molecule has 1 N–H and O–H groups in total. The topological polar surface area (TPSA) is 55.4 Å². The molecule has 0 spiro atoms. The average Bonchev–Trinajstić information content (AvgIpc) is 2.71. The van der Waals surface area contributed by atoms with Crippen molar-refractivity contribution in [3.05, 3.63) is 29.8 Å². The summed E-state index contributed by atoms with van der Waals surface area (Å²) in [6, 6.07) is 7.88. The van der Waals surface area contributed by atoms with Gasteiger partial charge < -0.3 is 10.1 Å². The minimum Gasteiger partial charge on any atom is -0.494 e. The quantitative estimate of drug-likeness (QED) is 0.864. The Bertz CT molecular complexity index is 496. The van der Waals surface area contributed by atoms with E-state index in [2.05, 4.69) is 5.32 Å². The monoisotopic (exact) mass is 283 g/mol. The Morgan fingerprint density at radius 1 is 1.32 bits per heavy atom. The van der Waals surface area contributed by atoms with Crippen molar-refractivity contribution in [3.8, 4) is 5.75 Å². The van der Waals surface area contributed by atoms with Crippen molar-refractivity contribution < 1.29 is 13.2 Å². The van der Waals surface area contributed by atoms with Gasteiger partial charge in [-0.2, -0.15) is 0 Å². The summed E-state index contributed by atoms with van der Waals surface area (Å²) in [5.74, 6) is 1.21. The normalized spacial score (nSPS) is 21.4. The van der Waals surface area contributed by atoms with E-state index in [4.69, 9.17) is 4.74 Å². The Kier molecular flexibility index (Phi) is 4.82. The van der Waals surface area contributed by atoms with Crippen molar-refractivity contribution in [3.63, 3.8) is 0 Å². The number of hydrogen-bond acceptors (Lipinski definition) is 4. The molecule has 2 rings (SSSR count). The van der Waals surface area contributed by atoms with Gasteiger partial charge in [-0.3, -0.25) is 0 Å². The van der Waals surface area contributed by atoms with Gasteiger partial charge in [0.1, 0.15) is 5.75 Å². The van der Waals surface area contributed by atoms with Crippen molar-refractivity contribution in [2.75, 3.05) is 18.9 Å². The van der Waals surface area contributed by atoms with Gasteiger partial charge in [0.25, 0.3) is 0 Å². The van der Waals surface area contributed by atoms with Crippen LogP contribution in [-0.4, -0.2) is 32.6 Å². The van der Waals surface area contributed by atoms with Crippen LogP contribution >= 0.6 is 0 Å². The lowest BCUT2D eigenvalue weighted by Gasteiger charge is -2.11. The molecule has 0 bridgehead atoms. The molecular formula is C14H21NO3S. The molecule has 0 aromatic heterocycles. The van der Waals surface area contributed by atoms with Crippen LogP contribution in [0.25, 0.3) is 0 Å². The molecule has 1 aliphatic heterocycles. The van der Waals surface area contributed by atoms with Crippen LogP contribution in [0, 0.1) is 0 Å². The predicted molar refractivity (Wildman–Crippen MR) is 76.1 cm³/mol. The first-order chi connectivity index (χ1) is 9.12. The molecule has 0 amide bonds. The van der Waals surface area contributed by atoms with Gasteiger partial charge in [0.2, 0.25) is 0 Å². The van der Waals surface area contributed by atoms with E-state index in [-0.39, 0.29) is 5.25 Å². The van der Waals surface area contributed by atoms with Gasteiger partial charge in [-0.1, -0.05) is 12.1 Å². The van der Waals surface area contributed by atoms with Crippen molar-refractivity contribution in [2.24, 2.45) is 0 Å². The average molecular weight is 283 g/mol. The maximum Gasteiger partial charge on any atom is 0.154 e. The molecule has 1 aliphatic rings. The first-order valence-corrected chi connectivity index (χ1v) is 8.47. The Morgan fingerprint density at radius 3 is 2.63 bits per heavy atom. The summed E-state index contributed by atoms with van der Waals surface area (Å²) >= 11 is 0. The molecule has 5 heteroatoms. The largest absolute Gasteiger partial charge is 0.494 e. The van der Waals surface area contributed by atoms with Gasteiger partial charge >= 0.3 is 0 Å². The van der Waals surface area contributed by atoms with E-state index >= 15 is 0 Å². The second-order valence-corrected chi connectivity index (χ2v) is 7.24. The van der Waals surface area contributed by atoms with Crippen LogP contribution in [0.3, 0.4) is 0 Å². The molecule has 0 aliphatic carbocycles. The molecule has 1 saturated heterocycles. The second kappa shape index (κ2) is 6.39. The van der Waals surface area contributed by atoms with E-state index in [0.29, 0.717) is 25.4 Å². The fourth-order valence-corrected chi connectivity index (χ4v) is 4.14. The van der Waals surface area contributed by atoms with Crippen molar-refractivity contribution in [1.82, 2.24) is 5.32 Å². The highest BCUT2D eigenvalue weighted by Crippen LogP contribution is 2.19. The van der Waals surface area contributed by atoms with Crippen LogP contribution in [0.5, 0.6) is 5.75 Å². The van der Waals surface area contributed by atoms with Crippen molar-refractivity contribution in [2.45, 2.75) is 31.6 Å². The molecule has 106 valence electrons. The van der Waals surface area contributed by atoms with Crippen LogP contribution in [-0.2, 0) is 16.4 Å². The number of ether oxygens (including phenoxy) is 1. The van der Waals surface area contributed by atoms with Gasteiger partial charge in [-0.05, 0) is 37.5 Å².